The first-order chi connectivity index (χ1) is 9.65. The first kappa shape index (κ1) is 12.9. The molecule has 1 unspecified atom stereocenters. The molecule has 0 radical (unpaired) electrons. The molecule has 104 valence electrons. The van der Waals surface area contributed by atoms with E-state index < -0.39 is 0 Å². The minimum atomic E-state index is -0.342. The average Bonchev–Trinajstić information content (AvgIpc) is 2.45. The number of para-hydroxylation sites is 1. The van der Waals surface area contributed by atoms with Gasteiger partial charge in [-0.25, -0.2) is 0 Å². The fourth-order valence-corrected chi connectivity index (χ4v) is 2.95. The lowest BCUT2D eigenvalue weighted by molar-refractivity contribution is -0.134. The van der Waals surface area contributed by atoms with Gasteiger partial charge in [-0.3, -0.25) is 9.59 Å². The van der Waals surface area contributed by atoms with Crippen LogP contribution in [0.1, 0.15) is 31.2 Å². The summed E-state index contributed by atoms with van der Waals surface area (Å²) in [6, 6.07) is 7.58. The molecular formula is C16H18N2O2. The van der Waals surface area contributed by atoms with Crippen molar-refractivity contribution in [2.24, 2.45) is 0 Å². The molecule has 4 heteroatoms. The molecule has 3 rings (SSSR count). The van der Waals surface area contributed by atoms with Gasteiger partial charge in [0, 0.05) is 25.2 Å². The smallest absolute Gasteiger partial charge is 0.231 e. The Kier molecular flexibility index (Phi) is 3.30. The number of hydrogen-bond donors (Lipinski definition) is 1. The number of anilines is 1. The minimum absolute atomic E-state index is 0.0692. The highest BCUT2D eigenvalue weighted by Crippen LogP contribution is 2.33. The Morgan fingerprint density at radius 2 is 2.15 bits per heavy atom. The molecule has 1 aromatic rings. The number of nitrogens with zero attached hydrogens (tertiary/aromatic N) is 1. The van der Waals surface area contributed by atoms with Crippen LogP contribution in [0.4, 0.5) is 5.69 Å². The zero-order valence-corrected chi connectivity index (χ0v) is 11.6. The summed E-state index contributed by atoms with van der Waals surface area (Å²) in [7, 11) is 0. The molecule has 2 aliphatic rings. The summed E-state index contributed by atoms with van der Waals surface area (Å²) < 4.78 is 0. The summed E-state index contributed by atoms with van der Waals surface area (Å²) in [5.74, 6) is -0.350. The highest BCUT2D eigenvalue weighted by atomic mass is 16.2. The van der Waals surface area contributed by atoms with Gasteiger partial charge in [-0.2, -0.15) is 0 Å². The molecule has 0 spiro atoms. The summed E-state index contributed by atoms with van der Waals surface area (Å²) in [5, 5.41) is 2.84. The zero-order valence-electron chi connectivity index (χ0n) is 11.6. The van der Waals surface area contributed by atoms with Crippen LogP contribution in [0.5, 0.6) is 0 Å². The SMILES string of the molecule is CC1=CCCN(C(=O)C2CC(=O)Nc3ccccc32)C1. The number of carbonyl (C=O) groups is 2. The Balaban J connectivity index is 1.88. The van der Waals surface area contributed by atoms with Crippen LogP contribution in [0.3, 0.4) is 0 Å². The highest BCUT2D eigenvalue weighted by Gasteiger charge is 2.33. The van der Waals surface area contributed by atoms with Crippen molar-refractivity contribution in [3.63, 3.8) is 0 Å². The number of benzene rings is 1. The Bertz CT molecular complexity index is 592. The average molecular weight is 270 g/mol. The van der Waals surface area contributed by atoms with Crippen molar-refractivity contribution in [3.8, 4) is 0 Å². The third-order valence-electron chi connectivity index (χ3n) is 3.94. The van der Waals surface area contributed by atoms with E-state index in [0.29, 0.717) is 6.54 Å². The number of rotatable bonds is 1. The number of carbonyl (C=O) groups excluding carboxylic acids is 2. The third-order valence-corrected chi connectivity index (χ3v) is 3.94. The normalized spacial score (nSPS) is 21.9. The predicted molar refractivity (Wildman–Crippen MR) is 77.4 cm³/mol. The van der Waals surface area contributed by atoms with Crippen molar-refractivity contribution in [1.29, 1.82) is 0 Å². The van der Waals surface area contributed by atoms with Gasteiger partial charge in [0.2, 0.25) is 11.8 Å². The standard InChI is InChI=1S/C16H18N2O2/c1-11-5-4-8-18(10-11)16(20)13-9-15(19)17-14-7-3-2-6-12(13)14/h2-3,5-7,13H,4,8-10H2,1H3,(H,17,19). The Hall–Kier alpha value is -2.10. The van der Waals surface area contributed by atoms with Gasteiger partial charge in [0.1, 0.15) is 0 Å². The number of nitrogens with one attached hydrogen (secondary N) is 1. The van der Waals surface area contributed by atoms with Gasteiger partial charge in [-0.05, 0) is 25.0 Å². The molecule has 0 aromatic heterocycles. The molecule has 0 fully saturated rings. The highest BCUT2D eigenvalue weighted by molar-refractivity contribution is 6.01. The Labute approximate surface area is 118 Å². The summed E-state index contributed by atoms with van der Waals surface area (Å²) in [4.78, 5) is 26.4. The molecule has 0 aliphatic carbocycles. The molecule has 1 atom stereocenters. The fraction of sp³-hybridized carbons (Fsp3) is 0.375. The number of hydrogen-bond acceptors (Lipinski definition) is 2. The zero-order chi connectivity index (χ0) is 14.1. The molecule has 0 bridgehead atoms. The molecule has 1 N–H and O–H groups in total. The van der Waals surface area contributed by atoms with E-state index in [-0.39, 0.29) is 24.2 Å². The van der Waals surface area contributed by atoms with Gasteiger partial charge in [-0.15, -0.1) is 0 Å². The van der Waals surface area contributed by atoms with Crippen LogP contribution < -0.4 is 5.32 Å². The molecule has 1 aromatic carbocycles. The Morgan fingerprint density at radius 3 is 2.95 bits per heavy atom. The largest absolute Gasteiger partial charge is 0.338 e. The molecule has 2 heterocycles. The first-order valence-electron chi connectivity index (χ1n) is 6.98. The maximum absolute atomic E-state index is 12.7. The van der Waals surface area contributed by atoms with Gasteiger partial charge in [-0.1, -0.05) is 29.8 Å². The summed E-state index contributed by atoms with van der Waals surface area (Å²) in [6.45, 7) is 3.47. The molecule has 0 saturated heterocycles. The van der Waals surface area contributed by atoms with Gasteiger partial charge in [0.25, 0.3) is 0 Å². The summed E-state index contributed by atoms with van der Waals surface area (Å²) in [6.07, 6.45) is 3.32. The Morgan fingerprint density at radius 1 is 1.35 bits per heavy atom. The van der Waals surface area contributed by atoms with Crippen LogP contribution in [0.25, 0.3) is 0 Å². The van der Waals surface area contributed by atoms with Crippen molar-refractivity contribution in [1.82, 2.24) is 4.90 Å². The van der Waals surface area contributed by atoms with Gasteiger partial charge in [0.15, 0.2) is 0 Å². The summed E-state index contributed by atoms with van der Waals surface area (Å²) in [5.41, 5.74) is 2.92. The quantitative estimate of drug-likeness (QED) is 0.796. The maximum atomic E-state index is 12.7. The van der Waals surface area contributed by atoms with E-state index in [1.54, 1.807) is 0 Å². The molecule has 2 amide bonds. The molecular weight excluding hydrogens is 252 g/mol. The van der Waals surface area contributed by atoms with Crippen LogP contribution in [0, 0.1) is 0 Å². The molecule has 20 heavy (non-hydrogen) atoms. The second-order valence-corrected chi connectivity index (χ2v) is 5.49. The number of amides is 2. The van der Waals surface area contributed by atoms with E-state index in [1.807, 2.05) is 36.1 Å². The topological polar surface area (TPSA) is 49.4 Å². The second kappa shape index (κ2) is 5.12. The lowest BCUT2D eigenvalue weighted by atomic mass is 9.89. The van der Waals surface area contributed by atoms with E-state index in [2.05, 4.69) is 11.4 Å². The third kappa shape index (κ3) is 2.33. The van der Waals surface area contributed by atoms with Crippen LogP contribution >= 0.6 is 0 Å². The van der Waals surface area contributed by atoms with E-state index in [1.165, 1.54) is 5.57 Å². The van der Waals surface area contributed by atoms with Gasteiger partial charge < -0.3 is 10.2 Å². The van der Waals surface area contributed by atoms with Crippen molar-refractivity contribution >= 4 is 17.5 Å². The van der Waals surface area contributed by atoms with E-state index >= 15 is 0 Å². The van der Waals surface area contributed by atoms with E-state index in [9.17, 15) is 9.59 Å². The van der Waals surface area contributed by atoms with E-state index in [4.69, 9.17) is 0 Å². The van der Waals surface area contributed by atoms with Crippen molar-refractivity contribution in [2.75, 3.05) is 18.4 Å². The van der Waals surface area contributed by atoms with Crippen molar-refractivity contribution in [3.05, 3.63) is 41.5 Å². The van der Waals surface area contributed by atoms with Crippen LogP contribution in [0.15, 0.2) is 35.9 Å². The molecule has 0 saturated carbocycles. The fourth-order valence-electron chi connectivity index (χ4n) is 2.95. The van der Waals surface area contributed by atoms with Crippen LogP contribution in [-0.2, 0) is 9.59 Å². The lowest BCUT2D eigenvalue weighted by Gasteiger charge is -2.32. The van der Waals surface area contributed by atoms with Crippen LogP contribution in [-0.4, -0.2) is 29.8 Å². The summed E-state index contributed by atoms with van der Waals surface area (Å²) >= 11 is 0. The molecule has 2 aliphatic heterocycles. The molecule has 4 nitrogen and oxygen atoms in total. The second-order valence-electron chi connectivity index (χ2n) is 5.49. The number of fused-ring (bicyclic) bond motifs is 1. The lowest BCUT2D eigenvalue weighted by Crippen LogP contribution is -2.41. The minimum Gasteiger partial charge on any atom is -0.338 e. The van der Waals surface area contributed by atoms with Crippen molar-refractivity contribution in [2.45, 2.75) is 25.7 Å². The first-order valence-corrected chi connectivity index (χ1v) is 6.98. The van der Waals surface area contributed by atoms with E-state index in [0.717, 1.165) is 24.2 Å². The predicted octanol–water partition coefficient (Wildman–Crippen LogP) is 2.29. The van der Waals surface area contributed by atoms with Crippen molar-refractivity contribution < 1.29 is 9.59 Å². The monoisotopic (exact) mass is 270 g/mol. The van der Waals surface area contributed by atoms with Crippen LogP contribution in [0.2, 0.25) is 0 Å². The van der Waals surface area contributed by atoms with Gasteiger partial charge in [0.05, 0.1) is 5.92 Å². The van der Waals surface area contributed by atoms with Gasteiger partial charge >= 0.3 is 0 Å². The maximum Gasteiger partial charge on any atom is 0.231 e.